The number of nitriles is 1. The summed E-state index contributed by atoms with van der Waals surface area (Å²) in [5, 5.41) is 15.4. The summed E-state index contributed by atoms with van der Waals surface area (Å²) < 4.78 is 19.0. The summed E-state index contributed by atoms with van der Waals surface area (Å²) in [5.74, 6) is 0.325. The van der Waals surface area contributed by atoms with Crippen LogP contribution in [0.5, 0.6) is 0 Å². The lowest BCUT2D eigenvalue weighted by Crippen LogP contribution is -2.48. The van der Waals surface area contributed by atoms with E-state index in [0.29, 0.717) is 23.1 Å². The van der Waals surface area contributed by atoms with Gasteiger partial charge in [-0.2, -0.15) is 5.26 Å². The summed E-state index contributed by atoms with van der Waals surface area (Å²) >= 11 is 0. The summed E-state index contributed by atoms with van der Waals surface area (Å²) in [4.78, 5) is 6.60. The van der Waals surface area contributed by atoms with Crippen LogP contribution in [0.4, 0.5) is 4.39 Å². The molecule has 0 aliphatic carbocycles. The van der Waals surface area contributed by atoms with Crippen molar-refractivity contribution in [2.75, 3.05) is 40.4 Å². The number of methoxy groups -OCH3 is 1. The Labute approximate surface area is 148 Å². The highest BCUT2D eigenvalue weighted by atomic mass is 19.1. The van der Waals surface area contributed by atoms with Crippen molar-refractivity contribution in [1.29, 1.82) is 5.26 Å². The molecule has 6 nitrogen and oxygen atoms in total. The van der Waals surface area contributed by atoms with Crippen molar-refractivity contribution in [3.05, 3.63) is 35.1 Å². The first kappa shape index (κ1) is 19.2. The lowest BCUT2D eigenvalue weighted by atomic mass is 10.1. The van der Waals surface area contributed by atoms with E-state index in [1.54, 1.807) is 20.2 Å². The lowest BCUT2D eigenvalue weighted by molar-refractivity contribution is 0.128. The first-order valence-electron chi connectivity index (χ1n) is 8.53. The molecule has 1 fully saturated rings. The molecular formula is C18H26FN5O. The molecule has 136 valence electrons. The zero-order valence-electron chi connectivity index (χ0n) is 14.9. The molecule has 7 heteroatoms. The average Bonchev–Trinajstić information content (AvgIpc) is 2.65. The van der Waals surface area contributed by atoms with Crippen molar-refractivity contribution < 1.29 is 9.13 Å². The Morgan fingerprint density at radius 1 is 1.44 bits per heavy atom. The van der Waals surface area contributed by atoms with Crippen molar-refractivity contribution in [2.45, 2.75) is 25.4 Å². The quantitative estimate of drug-likeness (QED) is 0.602. The van der Waals surface area contributed by atoms with Gasteiger partial charge < -0.3 is 20.3 Å². The minimum absolute atomic E-state index is 0.285. The van der Waals surface area contributed by atoms with E-state index in [4.69, 9.17) is 10.00 Å². The maximum atomic E-state index is 13.8. The van der Waals surface area contributed by atoms with E-state index in [1.807, 2.05) is 6.07 Å². The Bertz CT molecular complexity index is 620. The van der Waals surface area contributed by atoms with E-state index in [-0.39, 0.29) is 12.4 Å². The maximum Gasteiger partial charge on any atom is 0.191 e. The fourth-order valence-corrected chi connectivity index (χ4v) is 2.87. The first-order valence-corrected chi connectivity index (χ1v) is 8.53. The Morgan fingerprint density at radius 3 is 2.84 bits per heavy atom. The van der Waals surface area contributed by atoms with Crippen molar-refractivity contribution in [3.63, 3.8) is 0 Å². The number of hydrogen-bond acceptors (Lipinski definition) is 4. The molecule has 0 saturated carbocycles. The first-order chi connectivity index (χ1) is 12.2. The van der Waals surface area contributed by atoms with Gasteiger partial charge in [0.25, 0.3) is 0 Å². The molecule has 0 spiro atoms. The molecule has 0 bridgehead atoms. The summed E-state index contributed by atoms with van der Waals surface area (Å²) in [6, 6.07) is 6.73. The van der Waals surface area contributed by atoms with Gasteiger partial charge in [0.1, 0.15) is 5.82 Å². The monoisotopic (exact) mass is 347 g/mol. The Morgan fingerprint density at radius 2 is 2.20 bits per heavy atom. The number of ether oxygens (including phenoxy) is 1. The van der Waals surface area contributed by atoms with Gasteiger partial charge in [-0.3, -0.25) is 4.99 Å². The molecule has 1 aromatic rings. The fraction of sp³-hybridized carbons (Fsp3) is 0.556. The third kappa shape index (κ3) is 6.00. The van der Waals surface area contributed by atoms with Crippen molar-refractivity contribution in [3.8, 4) is 6.07 Å². The molecule has 0 radical (unpaired) electrons. The van der Waals surface area contributed by atoms with Gasteiger partial charge in [0.2, 0.25) is 0 Å². The number of benzene rings is 1. The van der Waals surface area contributed by atoms with E-state index in [9.17, 15) is 4.39 Å². The number of likely N-dealkylation sites (tertiary alicyclic amines) is 1. The standard InChI is InChI=1S/C18H26FN5O/c1-21-18(22-13-15-11-14(12-20)3-4-17(15)19)23-16-5-7-24(8-6-16)9-10-25-2/h3-4,11,16H,5-10,13H2,1-2H3,(H2,21,22,23). The zero-order chi connectivity index (χ0) is 18.1. The zero-order valence-corrected chi connectivity index (χ0v) is 14.9. The Kier molecular flexibility index (Phi) is 7.64. The van der Waals surface area contributed by atoms with E-state index >= 15 is 0 Å². The van der Waals surface area contributed by atoms with Crippen LogP contribution in [0, 0.1) is 17.1 Å². The second kappa shape index (κ2) is 9.97. The molecule has 1 aliphatic heterocycles. The number of nitrogens with one attached hydrogen (secondary N) is 2. The number of hydrogen-bond donors (Lipinski definition) is 2. The fourth-order valence-electron chi connectivity index (χ4n) is 2.87. The smallest absolute Gasteiger partial charge is 0.191 e. The second-order valence-corrected chi connectivity index (χ2v) is 6.10. The van der Waals surface area contributed by atoms with Gasteiger partial charge in [0, 0.05) is 51.9 Å². The highest BCUT2D eigenvalue weighted by molar-refractivity contribution is 5.80. The van der Waals surface area contributed by atoms with Crippen LogP contribution in [-0.4, -0.2) is 57.3 Å². The van der Waals surface area contributed by atoms with Gasteiger partial charge in [-0.15, -0.1) is 0 Å². The van der Waals surface area contributed by atoms with Crippen molar-refractivity contribution in [2.24, 2.45) is 4.99 Å². The van der Waals surface area contributed by atoms with Crippen molar-refractivity contribution in [1.82, 2.24) is 15.5 Å². The minimum atomic E-state index is -0.326. The highest BCUT2D eigenvalue weighted by Crippen LogP contribution is 2.11. The molecule has 2 N–H and O–H groups in total. The summed E-state index contributed by atoms with van der Waals surface area (Å²) in [7, 11) is 3.42. The Balaban J connectivity index is 1.81. The average molecular weight is 347 g/mol. The second-order valence-electron chi connectivity index (χ2n) is 6.10. The van der Waals surface area contributed by atoms with Gasteiger partial charge >= 0.3 is 0 Å². The molecule has 2 rings (SSSR count). The van der Waals surface area contributed by atoms with Crippen LogP contribution in [0.1, 0.15) is 24.0 Å². The maximum absolute atomic E-state index is 13.8. The molecule has 1 saturated heterocycles. The minimum Gasteiger partial charge on any atom is -0.383 e. The molecule has 1 aliphatic rings. The van der Waals surface area contributed by atoms with Gasteiger partial charge in [0.05, 0.1) is 18.2 Å². The van der Waals surface area contributed by atoms with Crippen LogP contribution in [0.25, 0.3) is 0 Å². The third-order valence-electron chi connectivity index (χ3n) is 4.38. The summed E-state index contributed by atoms with van der Waals surface area (Å²) in [6.45, 7) is 4.06. The van der Waals surface area contributed by atoms with Crippen LogP contribution in [0.2, 0.25) is 0 Å². The van der Waals surface area contributed by atoms with Crippen LogP contribution >= 0.6 is 0 Å². The predicted molar refractivity (Wildman–Crippen MR) is 95.8 cm³/mol. The van der Waals surface area contributed by atoms with Gasteiger partial charge in [-0.1, -0.05) is 0 Å². The Hall–Kier alpha value is -2.17. The number of halogens is 1. The van der Waals surface area contributed by atoms with Crippen LogP contribution in [0.3, 0.4) is 0 Å². The van der Waals surface area contributed by atoms with Crippen LogP contribution in [-0.2, 0) is 11.3 Å². The number of nitrogens with zero attached hydrogens (tertiary/aromatic N) is 3. The molecule has 25 heavy (non-hydrogen) atoms. The van der Waals surface area contributed by atoms with E-state index in [2.05, 4.69) is 20.5 Å². The predicted octanol–water partition coefficient (Wildman–Crippen LogP) is 1.47. The van der Waals surface area contributed by atoms with Gasteiger partial charge in [-0.25, -0.2) is 4.39 Å². The molecule has 1 heterocycles. The molecular weight excluding hydrogens is 321 g/mol. The van der Waals surface area contributed by atoms with Crippen LogP contribution < -0.4 is 10.6 Å². The SMILES string of the molecule is CN=C(NCc1cc(C#N)ccc1F)NC1CCN(CCOC)CC1. The summed E-state index contributed by atoms with van der Waals surface area (Å²) in [6.07, 6.45) is 2.06. The number of aliphatic imine (C=N–C) groups is 1. The number of piperidine rings is 1. The molecule has 0 unspecified atom stereocenters. The molecule has 1 aromatic carbocycles. The number of guanidine groups is 1. The third-order valence-corrected chi connectivity index (χ3v) is 4.38. The van der Waals surface area contributed by atoms with E-state index < -0.39 is 0 Å². The van der Waals surface area contributed by atoms with Crippen LogP contribution in [0.15, 0.2) is 23.2 Å². The van der Waals surface area contributed by atoms with E-state index in [0.717, 1.165) is 39.1 Å². The normalized spacial score (nSPS) is 16.5. The van der Waals surface area contributed by atoms with Gasteiger partial charge in [-0.05, 0) is 31.0 Å². The topological polar surface area (TPSA) is 72.7 Å². The molecule has 0 aromatic heterocycles. The van der Waals surface area contributed by atoms with Crippen molar-refractivity contribution >= 4 is 5.96 Å². The van der Waals surface area contributed by atoms with E-state index in [1.165, 1.54) is 12.1 Å². The summed E-state index contributed by atoms with van der Waals surface area (Å²) in [5.41, 5.74) is 0.904. The lowest BCUT2D eigenvalue weighted by Gasteiger charge is -2.32. The largest absolute Gasteiger partial charge is 0.383 e. The molecule has 0 atom stereocenters. The highest BCUT2D eigenvalue weighted by Gasteiger charge is 2.19. The number of rotatable bonds is 6. The molecule has 0 amide bonds. The van der Waals surface area contributed by atoms with Gasteiger partial charge in [0.15, 0.2) is 5.96 Å².